The third-order valence-corrected chi connectivity index (χ3v) is 4.71. The molecule has 1 aliphatic rings. The van der Waals surface area contributed by atoms with Gasteiger partial charge in [-0.2, -0.15) is 0 Å². The molecule has 0 radical (unpaired) electrons. The van der Waals surface area contributed by atoms with Gasteiger partial charge in [-0.05, 0) is 39.3 Å². The molecular weight excluding hydrogens is 330 g/mol. The fourth-order valence-corrected chi connectivity index (χ4v) is 3.15. The minimum atomic E-state index is -0.611. The predicted molar refractivity (Wildman–Crippen MR) is 102 cm³/mol. The second-order valence-corrected chi connectivity index (χ2v) is 7.05. The lowest BCUT2D eigenvalue weighted by Gasteiger charge is -2.20. The van der Waals surface area contributed by atoms with Crippen LogP contribution in [0.15, 0.2) is 24.3 Å². The number of imide groups is 1. The molecule has 1 saturated heterocycles. The van der Waals surface area contributed by atoms with E-state index in [9.17, 15) is 14.4 Å². The Labute approximate surface area is 155 Å². The number of benzene rings is 1. The van der Waals surface area contributed by atoms with Gasteiger partial charge in [0.25, 0.3) is 5.91 Å². The van der Waals surface area contributed by atoms with Crippen LogP contribution in [0.2, 0.25) is 0 Å². The Hall–Kier alpha value is -2.37. The Morgan fingerprint density at radius 2 is 1.85 bits per heavy atom. The van der Waals surface area contributed by atoms with Crippen LogP contribution in [-0.4, -0.2) is 41.4 Å². The summed E-state index contributed by atoms with van der Waals surface area (Å²) in [6.45, 7) is 7.49. The number of urea groups is 1. The molecule has 2 rings (SSSR count). The molecule has 1 N–H and O–H groups in total. The zero-order valence-corrected chi connectivity index (χ0v) is 16.1. The van der Waals surface area contributed by atoms with Crippen molar-refractivity contribution in [3.05, 3.63) is 29.8 Å². The van der Waals surface area contributed by atoms with Crippen molar-refractivity contribution >= 4 is 23.5 Å². The van der Waals surface area contributed by atoms with Crippen LogP contribution in [0, 0.1) is 6.92 Å². The van der Waals surface area contributed by atoms with Crippen LogP contribution in [0.3, 0.4) is 0 Å². The number of carbonyl (C=O) groups is 3. The first-order valence-corrected chi connectivity index (χ1v) is 9.35. The van der Waals surface area contributed by atoms with Gasteiger partial charge in [0.05, 0.1) is 0 Å². The summed E-state index contributed by atoms with van der Waals surface area (Å²) in [5, 5.41) is 2.88. The molecule has 142 valence electrons. The Bertz CT molecular complexity index is 657. The molecule has 1 heterocycles. The van der Waals surface area contributed by atoms with E-state index < -0.39 is 12.1 Å². The molecule has 0 unspecified atom stereocenters. The molecule has 0 saturated carbocycles. The summed E-state index contributed by atoms with van der Waals surface area (Å²) in [5.74, 6) is -0.641. The fraction of sp³-hybridized carbons (Fsp3) is 0.550. The number of hydrogen-bond acceptors (Lipinski definition) is 3. The average Bonchev–Trinajstić information content (AvgIpc) is 2.80. The van der Waals surface area contributed by atoms with Gasteiger partial charge in [0.15, 0.2) is 0 Å². The van der Waals surface area contributed by atoms with E-state index in [1.54, 1.807) is 6.92 Å². The normalized spacial score (nSPS) is 18.4. The van der Waals surface area contributed by atoms with Crippen molar-refractivity contribution in [2.24, 2.45) is 0 Å². The van der Waals surface area contributed by atoms with Crippen molar-refractivity contribution < 1.29 is 14.4 Å². The first-order chi connectivity index (χ1) is 12.3. The summed E-state index contributed by atoms with van der Waals surface area (Å²) in [5.41, 5.74) is 1.74. The summed E-state index contributed by atoms with van der Waals surface area (Å²) in [7, 11) is 0. The number of hydrogen-bond donors (Lipinski definition) is 1. The highest BCUT2D eigenvalue weighted by Crippen LogP contribution is 2.25. The molecule has 0 bridgehead atoms. The second-order valence-electron chi connectivity index (χ2n) is 7.05. The molecule has 26 heavy (non-hydrogen) atoms. The van der Waals surface area contributed by atoms with Crippen molar-refractivity contribution in [1.29, 1.82) is 0 Å². The number of nitrogens with one attached hydrogen (secondary N) is 1. The van der Waals surface area contributed by atoms with Crippen molar-refractivity contribution in [3.63, 3.8) is 0 Å². The van der Waals surface area contributed by atoms with E-state index >= 15 is 0 Å². The fourth-order valence-electron chi connectivity index (χ4n) is 3.15. The topological polar surface area (TPSA) is 69.7 Å². The number of anilines is 1. The third kappa shape index (κ3) is 4.62. The predicted octanol–water partition coefficient (Wildman–Crippen LogP) is 3.24. The zero-order valence-electron chi connectivity index (χ0n) is 16.1. The second kappa shape index (κ2) is 8.83. The van der Waals surface area contributed by atoms with Crippen LogP contribution >= 0.6 is 0 Å². The van der Waals surface area contributed by atoms with Crippen LogP contribution in [0.5, 0.6) is 0 Å². The van der Waals surface area contributed by atoms with Crippen LogP contribution < -0.4 is 10.2 Å². The number of unbranched alkanes of at least 4 members (excludes halogenated alkanes) is 2. The van der Waals surface area contributed by atoms with Crippen molar-refractivity contribution in [2.75, 3.05) is 11.4 Å². The summed E-state index contributed by atoms with van der Waals surface area (Å²) in [6, 6.07) is 6.40. The largest absolute Gasteiger partial charge is 0.352 e. The van der Waals surface area contributed by atoms with E-state index in [4.69, 9.17) is 0 Å². The Morgan fingerprint density at radius 3 is 2.46 bits per heavy atom. The maximum absolute atomic E-state index is 12.7. The molecule has 1 aromatic carbocycles. The highest BCUT2D eigenvalue weighted by Gasteiger charge is 2.44. The van der Waals surface area contributed by atoms with Gasteiger partial charge in [-0.3, -0.25) is 19.4 Å². The van der Waals surface area contributed by atoms with E-state index in [1.165, 1.54) is 4.90 Å². The summed E-state index contributed by atoms with van der Waals surface area (Å²) in [6.07, 6.45) is 4.21. The maximum atomic E-state index is 12.7. The van der Waals surface area contributed by atoms with Gasteiger partial charge in [-0.1, -0.05) is 43.9 Å². The molecule has 1 fully saturated rings. The lowest BCUT2D eigenvalue weighted by Crippen LogP contribution is -2.44. The van der Waals surface area contributed by atoms with E-state index in [0.29, 0.717) is 5.69 Å². The van der Waals surface area contributed by atoms with Gasteiger partial charge in [-0.25, -0.2) is 4.79 Å². The smallest absolute Gasteiger partial charge is 0.332 e. The molecule has 0 aliphatic carbocycles. The van der Waals surface area contributed by atoms with Gasteiger partial charge in [0.2, 0.25) is 5.91 Å². The van der Waals surface area contributed by atoms with E-state index in [2.05, 4.69) is 12.2 Å². The summed E-state index contributed by atoms with van der Waals surface area (Å²) < 4.78 is 0. The van der Waals surface area contributed by atoms with Gasteiger partial charge in [0, 0.05) is 11.7 Å². The van der Waals surface area contributed by atoms with Gasteiger partial charge < -0.3 is 5.32 Å². The van der Waals surface area contributed by atoms with Gasteiger partial charge in [0.1, 0.15) is 12.6 Å². The number of amides is 4. The molecule has 6 nitrogen and oxygen atoms in total. The number of aryl methyl sites for hydroxylation is 1. The molecular formula is C20H29N3O3. The lowest BCUT2D eigenvalue weighted by molar-refractivity contribution is -0.132. The van der Waals surface area contributed by atoms with Gasteiger partial charge >= 0.3 is 6.03 Å². The maximum Gasteiger partial charge on any atom is 0.332 e. The molecule has 1 aliphatic heterocycles. The SMILES string of the molecule is CCCCC[C@@H](C)NC(=O)CN1C(=O)[C@@H](C)N(c2ccc(C)cc2)C1=O. The number of nitrogens with zero attached hydrogens (tertiary/aromatic N) is 2. The Kier molecular flexibility index (Phi) is 6.77. The minimum Gasteiger partial charge on any atom is -0.352 e. The standard InChI is InChI=1S/C20H29N3O3/c1-5-6-7-8-15(3)21-18(24)13-22-19(25)16(4)23(20(22)26)17-11-9-14(2)10-12-17/h9-12,15-16H,5-8,13H2,1-4H3,(H,21,24)/t15-,16-/m1/s1. The van der Waals surface area contributed by atoms with Crippen molar-refractivity contribution in [2.45, 2.75) is 65.5 Å². The van der Waals surface area contributed by atoms with Crippen LogP contribution in [0.4, 0.5) is 10.5 Å². The molecule has 0 spiro atoms. The van der Waals surface area contributed by atoms with E-state index in [-0.39, 0.29) is 24.4 Å². The molecule has 2 atom stereocenters. The molecule has 4 amide bonds. The zero-order chi connectivity index (χ0) is 19.3. The Morgan fingerprint density at radius 1 is 1.19 bits per heavy atom. The van der Waals surface area contributed by atoms with Crippen LogP contribution in [0.25, 0.3) is 0 Å². The average molecular weight is 359 g/mol. The lowest BCUT2D eigenvalue weighted by atomic mass is 10.1. The van der Waals surface area contributed by atoms with Crippen LogP contribution in [0.1, 0.15) is 52.0 Å². The van der Waals surface area contributed by atoms with Crippen LogP contribution in [-0.2, 0) is 9.59 Å². The summed E-state index contributed by atoms with van der Waals surface area (Å²) >= 11 is 0. The molecule has 0 aromatic heterocycles. The monoisotopic (exact) mass is 359 g/mol. The summed E-state index contributed by atoms with van der Waals surface area (Å²) in [4.78, 5) is 39.9. The minimum absolute atomic E-state index is 0.0347. The molecule has 1 aromatic rings. The van der Waals surface area contributed by atoms with Crippen molar-refractivity contribution in [1.82, 2.24) is 10.2 Å². The van der Waals surface area contributed by atoms with E-state index in [1.807, 2.05) is 38.1 Å². The first-order valence-electron chi connectivity index (χ1n) is 9.35. The third-order valence-electron chi connectivity index (χ3n) is 4.71. The highest BCUT2D eigenvalue weighted by atomic mass is 16.2. The number of carbonyl (C=O) groups excluding carboxylic acids is 3. The highest BCUT2D eigenvalue weighted by molar-refractivity contribution is 6.15. The van der Waals surface area contributed by atoms with E-state index in [0.717, 1.165) is 36.1 Å². The first kappa shape index (κ1) is 19.9. The Balaban J connectivity index is 1.99. The number of rotatable bonds is 8. The van der Waals surface area contributed by atoms with Gasteiger partial charge in [-0.15, -0.1) is 0 Å². The molecule has 6 heteroatoms. The van der Waals surface area contributed by atoms with Crippen molar-refractivity contribution in [3.8, 4) is 0 Å². The quantitative estimate of drug-likeness (QED) is 0.572.